The fourth-order valence-electron chi connectivity index (χ4n) is 3.74. The summed E-state index contributed by atoms with van der Waals surface area (Å²) in [5.41, 5.74) is 2.63. The molecule has 0 spiro atoms. The third-order valence-corrected chi connectivity index (χ3v) is 5.30. The van der Waals surface area contributed by atoms with Crippen molar-refractivity contribution < 1.29 is 19.8 Å². The van der Waals surface area contributed by atoms with Gasteiger partial charge in [-0.1, -0.05) is 67.6 Å². The SMILES string of the molecule is CCc1ccc(C2C(C(=O)c3ccccc3)=C(O)C(=O)N2c2cccc(O)c2)cc1. The first-order chi connectivity index (χ1) is 14.5. The molecule has 1 atom stereocenters. The number of nitrogens with zero attached hydrogens (tertiary/aromatic N) is 1. The maximum absolute atomic E-state index is 13.3. The summed E-state index contributed by atoms with van der Waals surface area (Å²) in [5.74, 6) is -1.67. The molecule has 150 valence electrons. The largest absolute Gasteiger partial charge is 0.508 e. The van der Waals surface area contributed by atoms with E-state index in [9.17, 15) is 19.8 Å². The molecule has 0 aromatic heterocycles. The lowest BCUT2D eigenvalue weighted by Gasteiger charge is -2.27. The average molecular weight is 399 g/mol. The number of carbonyl (C=O) groups is 2. The molecular formula is C25H21NO4. The Morgan fingerprint density at radius 3 is 2.27 bits per heavy atom. The lowest BCUT2D eigenvalue weighted by Crippen LogP contribution is -2.31. The molecule has 0 radical (unpaired) electrons. The molecule has 3 aromatic rings. The van der Waals surface area contributed by atoms with Crippen LogP contribution in [0.3, 0.4) is 0 Å². The van der Waals surface area contributed by atoms with Crippen LogP contribution < -0.4 is 4.90 Å². The van der Waals surface area contributed by atoms with Crippen molar-refractivity contribution >= 4 is 17.4 Å². The Labute approximate surface area is 174 Å². The molecule has 30 heavy (non-hydrogen) atoms. The number of aryl methyl sites for hydroxylation is 1. The summed E-state index contributed by atoms with van der Waals surface area (Å²) in [6.07, 6.45) is 0.858. The van der Waals surface area contributed by atoms with Crippen LogP contribution in [0.15, 0.2) is 90.2 Å². The Balaban J connectivity index is 1.88. The highest BCUT2D eigenvalue weighted by Gasteiger charge is 2.44. The van der Waals surface area contributed by atoms with Gasteiger partial charge in [-0.3, -0.25) is 14.5 Å². The molecule has 1 amide bonds. The third-order valence-electron chi connectivity index (χ3n) is 5.30. The van der Waals surface area contributed by atoms with Crippen molar-refractivity contribution in [2.24, 2.45) is 0 Å². The lowest BCUT2D eigenvalue weighted by molar-refractivity contribution is -0.117. The summed E-state index contributed by atoms with van der Waals surface area (Å²) in [7, 11) is 0. The zero-order chi connectivity index (χ0) is 21.3. The van der Waals surface area contributed by atoms with E-state index in [1.165, 1.54) is 17.0 Å². The molecule has 1 aliphatic heterocycles. The van der Waals surface area contributed by atoms with Crippen LogP contribution >= 0.6 is 0 Å². The van der Waals surface area contributed by atoms with Crippen molar-refractivity contribution in [1.29, 1.82) is 0 Å². The third kappa shape index (κ3) is 3.35. The van der Waals surface area contributed by atoms with Gasteiger partial charge in [-0.25, -0.2) is 0 Å². The summed E-state index contributed by atoms with van der Waals surface area (Å²) < 4.78 is 0. The maximum atomic E-state index is 13.3. The minimum absolute atomic E-state index is 0.0114. The van der Waals surface area contributed by atoms with Gasteiger partial charge >= 0.3 is 0 Å². The molecule has 0 aliphatic carbocycles. The Hall–Kier alpha value is -3.86. The number of aliphatic hydroxyl groups is 1. The van der Waals surface area contributed by atoms with Crippen LogP contribution in [0.25, 0.3) is 0 Å². The van der Waals surface area contributed by atoms with Crippen LogP contribution in [0.1, 0.15) is 34.5 Å². The topological polar surface area (TPSA) is 77.8 Å². The van der Waals surface area contributed by atoms with Crippen LogP contribution in [0.2, 0.25) is 0 Å². The second-order valence-electron chi connectivity index (χ2n) is 7.15. The molecule has 1 unspecified atom stereocenters. The van der Waals surface area contributed by atoms with E-state index in [1.54, 1.807) is 42.5 Å². The van der Waals surface area contributed by atoms with Gasteiger partial charge < -0.3 is 10.2 Å². The number of amides is 1. The van der Waals surface area contributed by atoms with Gasteiger partial charge in [-0.05, 0) is 29.7 Å². The summed E-state index contributed by atoms with van der Waals surface area (Å²) in [6, 6.07) is 21.6. The molecule has 0 bridgehead atoms. The number of ketones is 1. The molecule has 1 aliphatic rings. The van der Waals surface area contributed by atoms with Gasteiger partial charge in [0.15, 0.2) is 11.5 Å². The number of aromatic hydroxyl groups is 1. The fraction of sp³-hybridized carbons (Fsp3) is 0.120. The number of anilines is 1. The van der Waals surface area contributed by atoms with E-state index in [1.807, 2.05) is 31.2 Å². The van der Waals surface area contributed by atoms with Crippen LogP contribution in [0.5, 0.6) is 5.75 Å². The number of phenolic OH excluding ortho intramolecular Hbond substituents is 1. The van der Waals surface area contributed by atoms with Crippen molar-refractivity contribution in [3.8, 4) is 5.75 Å². The van der Waals surface area contributed by atoms with Crippen molar-refractivity contribution in [3.63, 3.8) is 0 Å². The summed E-state index contributed by atoms with van der Waals surface area (Å²) >= 11 is 0. The maximum Gasteiger partial charge on any atom is 0.294 e. The number of rotatable bonds is 5. The van der Waals surface area contributed by atoms with E-state index in [-0.39, 0.29) is 11.3 Å². The van der Waals surface area contributed by atoms with Gasteiger partial charge in [0, 0.05) is 17.3 Å². The molecule has 2 N–H and O–H groups in total. The van der Waals surface area contributed by atoms with Crippen molar-refractivity contribution in [3.05, 3.63) is 107 Å². The molecule has 5 heteroatoms. The molecule has 0 saturated carbocycles. The number of hydrogen-bond acceptors (Lipinski definition) is 4. The van der Waals surface area contributed by atoms with Crippen LogP contribution in [0.4, 0.5) is 5.69 Å². The first-order valence-electron chi connectivity index (χ1n) is 9.75. The number of Topliss-reactive ketones (excluding diaryl/α,β-unsaturated/α-hetero) is 1. The Bertz CT molecular complexity index is 1130. The standard InChI is InChI=1S/C25H21NO4/c1-2-16-11-13-17(14-12-16)22-21(23(28)18-7-4-3-5-8-18)24(29)25(30)26(22)19-9-6-10-20(27)15-19/h3-15,22,27,29H,2H2,1H3. The summed E-state index contributed by atoms with van der Waals surface area (Å²) in [5, 5.41) is 20.7. The molecular weight excluding hydrogens is 378 g/mol. The quantitative estimate of drug-likeness (QED) is 0.608. The number of aliphatic hydroxyl groups excluding tert-OH is 1. The average Bonchev–Trinajstić information content (AvgIpc) is 3.04. The second-order valence-corrected chi connectivity index (χ2v) is 7.15. The van der Waals surface area contributed by atoms with E-state index in [0.29, 0.717) is 16.8 Å². The van der Waals surface area contributed by atoms with Crippen molar-refractivity contribution in [1.82, 2.24) is 0 Å². The number of carbonyl (C=O) groups excluding carboxylic acids is 2. The Kier molecular flexibility index (Phi) is 5.11. The van der Waals surface area contributed by atoms with E-state index < -0.39 is 23.5 Å². The highest BCUT2D eigenvalue weighted by molar-refractivity contribution is 6.20. The first-order valence-corrected chi connectivity index (χ1v) is 9.75. The Morgan fingerprint density at radius 2 is 1.63 bits per heavy atom. The molecule has 0 saturated heterocycles. The van der Waals surface area contributed by atoms with Crippen molar-refractivity contribution in [2.75, 3.05) is 4.90 Å². The summed E-state index contributed by atoms with van der Waals surface area (Å²) in [6.45, 7) is 2.04. The van der Waals surface area contributed by atoms with Crippen LogP contribution in [-0.2, 0) is 11.2 Å². The summed E-state index contributed by atoms with van der Waals surface area (Å²) in [4.78, 5) is 27.7. The smallest absolute Gasteiger partial charge is 0.294 e. The second kappa shape index (κ2) is 7.87. The first kappa shape index (κ1) is 19.5. The molecule has 4 rings (SSSR count). The highest BCUT2D eigenvalue weighted by atomic mass is 16.3. The number of phenols is 1. The zero-order valence-electron chi connectivity index (χ0n) is 16.4. The zero-order valence-corrected chi connectivity index (χ0v) is 16.4. The molecule has 1 heterocycles. The monoisotopic (exact) mass is 399 g/mol. The number of hydrogen-bond donors (Lipinski definition) is 2. The minimum Gasteiger partial charge on any atom is -0.508 e. The molecule has 0 fully saturated rings. The van der Waals surface area contributed by atoms with E-state index in [4.69, 9.17) is 0 Å². The van der Waals surface area contributed by atoms with Crippen LogP contribution in [-0.4, -0.2) is 21.9 Å². The van der Waals surface area contributed by atoms with Gasteiger partial charge in [-0.15, -0.1) is 0 Å². The van der Waals surface area contributed by atoms with Gasteiger partial charge in [0.25, 0.3) is 5.91 Å². The van der Waals surface area contributed by atoms with E-state index in [2.05, 4.69) is 0 Å². The van der Waals surface area contributed by atoms with Gasteiger partial charge in [-0.2, -0.15) is 0 Å². The minimum atomic E-state index is -0.807. The predicted octanol–water partition coefficient (Wildman–Crippen LogP) is 4.74. The molecule has 3 aromatic carbocycles. The van der Waals surface area contributed by atoms with Crippen molar-refractivity contribution in [2.45, 2.75) is 19.4 Å². The predicted molar refractivity (Wildman–Crippen MR) is 115 cm³/mol. The lowest BCUT2D eigenvalue weighted by atomic mass is 9.92. The van der Waals surface area contributed by atoms with E-state index in [0.717, 1.165) is 12.0 Å². The van der Waals surface area contributed by atoms with Gasteiger partial charge in [0.05, 0.1) is 11.6 Å². The molecule has 5 nitrogen and oxygen atoms in total. The van der Waals surface area contributed by atoms with Crippen LogP contribution in [0, 0.1) is 0 Å². The van der Waals surface area contributed by atoms with Gasteiger partial charge in [0.1, 0.15) is 5.75 Å². The number of benzene rings is 3. The van der Waals surface area contributed by atoms with Gasteiger partial charge in [0.2, 0.25) is 0 Å². The normalized spacial score (nSPS) is 16.2. The fourth-order valence-corrected chi connectivity index (χ4v) is 3.74. The van der Waals surface area contributed by atoms with E-state index >= 15 is 0 Å². The Morgan fingerprint density at radius 1 is 0.933 bits per heavy atom. The highest BCUT2D eigenvalue weighted by Crippen LogP contribution is 2.42.